The number of aryl methyl sites for hydroxylation is 1. The molecule has 2 aromatic heterocycles. The Morgan fingerprint density at radius 3 is 2.50 bits per heavy atom. The number of amides is 1. The number of halogens is 1. The van der Waals surface area contributed by atoms with Crippen LogP contribution in [0.5, 0.6) is 0 Å². The van der Waals surface area contributed by atoms with Gasteiger partial charge in [-0.3, -0.25) is 0 Å². The first-order valence-corrected chi connectivity index (χ1v) is 9.05. The lowest BCUT2D eigenvalue weighted by Gasteiger charge is -2.60. The number of carbonyl (C=O) groups excluding carboxylic acids is 1. The fraction of sp³-hybridized carbons (Fsp3) is 0.556. The van der Waals surface area contributed by atoms with E-state index in [-0.39, 0.29) is 11.5 Å². The van der Waals surface area contributed by atoms with Crippen LogP contribution in [-0.2, 0) is 4.74 Å². The molecular formula is C18H22ClN5O2. The van der Waals surface area contributed by atoms with Crippen molar-refractivity contribution in [1.82, 2.24) is 20.1 Å². The highest BCUT2D eigenvalue weighted by molar-refractivity contribution is 6.29. The Balaban J connectivity index is 1.41. The summed E-state index contributed by atoms with van der Waals surface area (Å²) in [6.07, 6.45) is -0.225. The molecule has 4 rings (SSSR count). The number of rotatable bonds is 1. The van der Waals surface area contributed by atoms with E-state index in [2.05, 4.69) is 20.1 Å². The Bertz CT molecular complexity index is 881. The first kappa shape index (κ1) is 17.3. The van der Waals surface area contributed by atoms with Gasteiger partial charge in [0.2, 0.25) is 0 Å². The number of pyridine rings is 1. The van der Waals surface area contributed by atoms with Crippen molar-refractivity contribution in [2.75, 3.05) is 31.1 Å². The van der Waals surface area contributed by atoms with Gasteiger partial charge in [0.1, 0.15) is 11.1 Å². The molecule has 0 aromatic carbocycles. The summed E-state index contributed by atoms with van der Waals surface area (Å²) < 4.78 is 5.43. The smallest absolute Gasteiger partial charge is 0.410 e. The number of fused-ring (bicyclic) bond motifs is 1. The Hall–Kier alpha value is -2.15. The van der Waals surface area contributed by atoms with Crippen molar-refractivity contribution in [2.24, 2.45) is 5.41 Å². The highest BCUT2D eigenvalue weighted by atomic mass is 35.5. The van der Waals surface area contributed by atoms with Crippen LogP contribution in [0.4, 0.5) is 10.5 Å². The quantitative estimate of drug-likeness (QED) is 0.762. The Morgan fingerprint density at radius 2 is 1.85 bits per heavy atom. The molecule has 2 fully saturated rings. The molecule has 8 heteroatoms. The lowest BCUT2D eigenvalue weighted by atomic mass is 9.72. The molecule has 0 aliphatic carbocycles. The number of likely N-dealkylation sites (tertiary alicyclic amines) is 1. The van der Waals surface area contributed by atoms with Crippen LogP contribution in [0.2, 0.25) is 5.15 Å². The third kappa shape index (κ3) is 3.05. The summed E-state index contributed by atoms with van der Waals surface area (Å²) in [5, 5.41) is 8.36. The van der Waals surface area contributed by atoms with E-state index in [0.29, 0.717) is 5.15 Å². The van der Waals surface area contributed by atoms with E-state index in [4.69, 9.17) is 16.3 Å². The molecule has 1 spiro atoms. The van der Waals surface area contributed by atoms with Crippen molar-refractivity contribution >= 4 is 34.4 Å². The standard InChI is InChI=1S/C18H22ClN5O2/c1-11-14(5-13-12(20-11)6-15(19)22-21-13)23-7-18(8-23)9-24(10-18)16(25)26-17(2,3)4/h5-6H,7-10H2,1-4H3. The molecule has 26 heavy (non-hydrogen) atoms. The van der Waals surface area contributed by atoms with E-state index in [9.17, 15) is 4.79 Å². The second-order valence-corrected chi connectivity index (χ2v) is 8.74. The largest absolute Gasteiger partial charge is 0.444 e. The molecule has 0 atom stereocenters. The van der Waals surface area contributed by atoms with Gasteiger partial charge in [-0.2, -0.15) is 0 Å². The minimum Gasteiger partial charge on any atom is -0.444 e. The minimum absolute atomic E-state index is 0.171. The first-order chi connectivity index (χ1) is 12.1. The molecular weight excluding hydrogens is 354 g/mol. The maximum Gasteiger partial charge on any atom is 0.410 e. The van der Waals surface area contributed by atoms with Crippen LogP contribution in [0.1, 0.15) is 26.5 Å². The van der Waals surface area contributed by atoms with Crippen molar-refractivity contribution in [3.05, 3.63) is 23.0 Å². The van der Waals surface area contributed by atoms with E-state index >= 15 is 0 Å². The summed E-state index contributed by atoms with van der Waals surface area (Å²) in [5.74, 6) is 0. The number of hydrogen-bond donors (Lipinski definition) is 0. The van der Waals surface area contributed by atoms with Gasteiger partial charge >= 0.3 is 6.09 Å². The van der Waals surface area contributed by atoms with E-state index < -0.39 is 5.60 Å². The van der Waals surface area contributed by atoms with Gasteiger partial charge in [0.25, 0.3) is 0 Å². The van der Waals surface area contributed by atoms with Gasteiger partial charge in [0, 0.05) is 37.7 Å². The van der Waals surface area contributed by atoms with Gasteiger partial charge in [0.15, 0.2) is 5.15 Å². The number of aromatic nitrogens is 3. The SMILES string of the molecule is Cc1nc2cc(Cl)nnc2cc1N1CC2(CN(C(=O)OC(C)(C)C)C2)C1. The third-order valence-corrected chi connectivity index (χ3v) is 4.99. The summed E-state index contributed by atoms with van der Waals surface area (Å²) in [4.78, 5) is 20.8. The number of anilines is 1. The van der Waals surface area contributed by atoms with Gasteiger partial charge in [-0.15, -0.1) is 10.2 Å². The Kier molecular flexibility index (Phi) is 3.77. The molecule has 0 unspecified atom stereocenters. The summed E-state index contributed by atoms with van der Waals surface area (Å²) in [7, 11) is 0. The van der Waals surface area contributed by atoms with Crippen molar-refractivity contribution < 1.29 is 9.53 Å². The topological polar surface area (TPSA) is 71.5 Å². The lowest BCUT2D eigenvalue weighted by molar-refractivity contribution is -0.0453. The molecule has 0 N–H and O–H groups in total. The van der Waals surface area contributed by atoms with Crippen molar-refractivity contribution in [3.63, 3.8) is 0 Å². The Labute approximate surface area is 157 Å². The summed E-state index contributed by atoms with van der Waals surface area (Å²) in [5.41, 5.74) is 3.21. The van der Waals surface area contributed by atoms with Crippen molar-refractivity contribution in [3.8, 4) is 0 Å². The van der Waals surface area contributed by atoms with E-state index in [1.54, 1.807) is 11.0 Å². The molecule has 2 aliphatic heterocycles. The van der Waals surface area contributed by atoms with Crippen LogP contribution in [0.15, 0.2) is 12.1 Å². The van der Waals surface area contributed by atoms with Crippen LogP contribution in [-0.4, -0.2) is 58.0 Å². The molecule has 2 aliphatic rings. The van der Waals surface area contributed by atoms with Crippen LogP contribution < -0.4 is 4.90 Å². The normalized spacial score (nSPS) is 18.7. The summed E-state index contributed by atoms with van der Waals surface area (Å²) in [6.45, 7) is 10.9. The zero-order valence-electron chi connectivity index (χ0n) is 15.4. The average Bonchev–Trinajstić information content (AvgIpc) is 2.42. The number of hydrogen-bond acceptors (Lipinski definition) is 6. The monoisotopic (exact) mass is 375 g/mol. The zero-order chi connectivity index (χ0) is 18.7. The highest BCUT2D eigenvalue weighted by Crippen LogP contribution is 2.43. The number of nitrogens with zero attached hydrogens (tertiary/aromatic N) is 5. The molecule has 4 heterocycles. The fourth-order valence-electron chi connectivity index (χ4n) is 3.71. The highest BCUT2D eigenvalue weighted by Gasteiger charge is 2.54. The van der Waals surface area contributed by atoms with Gasteiger partial charge in [-0.25, -0.2) is 9.78 Å². The molecule has 1 amide bonds. The van der Waals surface area contributed by atoms with Gasteiger partial charge in [-0.05, 0) is 33.8 Å². The predicted molar refractivity (Wildman–Crippen MR) is 99.5 cm³/mol. The average molecular weight is 376 g/mol. The summed E-state index contributed by atoms with van der Waals surface area (Å²) in [6, 6.07) is 3.74. The van der Waals surface area contributed by atoms with Crippen LogP contribution in [0.3, 0.4) is 0 Å². The van der Waals surface area contributed by atoms with E-state index in [1.165, 1.54) is 0 Å². The number of carbonyl (C=O) groups is 1. The second kappa shape index (κ2) is 5.67. The van der Waals surface area contributed by atoms with E-state index in [1.807, 2.05) is 33.8 Å². The predicted octanol–water partition coefficient (Wildman–Crippen LogP) is 3.04. The molecule has 0 saturated carbocycles. The van der Waals surface area contributed by atoms with Crippen molar-refractivity contribution in [1.29, 1.82) is 0 Å². The molecule has 2 aromatic rings. The maximum absolute atomic E-state index is 12.1. The van der Waals surface area contributed by atoms with Crippen molar-refractivity contribution in [2.45, 2.75) is 33.3 Å². The molecule has 0 radical (unpaired) electrons. The number of ether oxygens (including phenoxy) is 1. The first-order valence-electron chi connectivity index (χ1n) is 8.68. The molecule has 7 nitrogen and oxygen atoms in total. The molecule has 2 saturated heterocycles. The van der Waals surface area contributed by atoms with Crippen LogP contribution in [0, 0.1) is 12.3 Å². The maximum atomic E-state index is 12.1. The van der Waals surface area contributed by atoms with Crippen LogP contribution in [0.25, 0.3) is 11.0 Å². The van der Waals surface area contributed by atoms with Gasteiger partial charge in [-0.1, -0.05) is 11.6 Å². The van der Waals surface area contributed by atoms with Gasteiger partial charge < -0.3 is 14.5 Å². The fourth-order valence-corrected chi connectivity index (χ4v) is 3.85. The van der Waals surface area contributed by atoms with E-state index in [0.717, 1.165) is 48.6 Å². The van der Waals surface area contributed by atoms with Crippen LogP contribution >= 0.6 is 11.6 Å². The third-order valence-electron chi connectivity index (χ3n) is 4.80. The minimum atomic E-state index is -0.455. The summed E-state index contributed by atoms with van der Waals surface area (Å²) >= 11 is 5.89. The van der Waals surface area contributed by atoms with Gasteiger partial charge in [0.05, 0.1) is 16.9 Å². The second-order valence-electron chi connectivity index (χ2n) is 8.36. The Morgan fingerprint density at radius 1 is 1.15 bits per heavy atom. The zero-order valence-corrected chi connectivity index (χ0v) is 16.2. The molecule has 138 valence electrons. The lowest BCUT2D eigenvalue weighted by Crippen LogP contribution is -2.73. The molecule has 0 bridgehead atoms.